The summed E-state index contributed by atoms with van der Waals surface area (Å²) in [4.78, 5) is 6.65. The summed E-state index contributed by atoms with van der Waals surface area (Å²) >= 11 is 0. The van der Waals surface area contributed by atoms with E-state index in [-0.39, 0.29) is 9.92 Å². The maximum absolute atomic E-state index is 13.3. The van der Waals surface area contributed by atoms with Gasteiger partial charge < -0.3 is 14.1 Å². The zero-order valence-corrected chi connectivity index (χ0v) is 18.0. The summed E-state index contributed by atoms with van der Waals surface area (Å²) in [5.41, 5.74) is 0. The molecule has 1 aromatic carbocycles. The molecule has 0 N–H and O–H groups in total. The maximum atomic E-state index is 13.3. The number of benzene rings is 1. The van der Waals surface area contributed by atoms with E-state index in [1.165, 1.54) is 0 Å². The van der Waals surface area contributed by atoms with E-state index in [4.69, 9.17) is 9.15 Å². The Morgan fingerprint density at radius 2 is 1.86 bits per heavy atom. The molecule has 0 bridgehead atoms. The van der Waals surface area contributed by atoms with E-state index < -0.39 is 9.84 Å². The van der Waals surface area contributed by atoms with E-state index in [0.29, 0.717) is 42.4 Å². The van der Waals surface area contributed by atoms with Crippen molar-refractivity contribution in [2.45, 2.75) is 56.9 Å². The van der Waals surface area contributed by atoms with Crippen LogP contribution in [0.25, 0.3) is 0 Å². The van der Waals surface area contributed by atoms with E-state index in [1.54, 1.807) is 24.3 Å². The fourth-order valence-corrected chi connectivity index (χ4v) is 4.70. The van der Waals surface area contributed by atoms with Crippen LogP contribution in [0, 0.1) is 11.8 Å². The Labute approximate surface area is 167 Å². The van der Waals surface area contributed by atoms with Gasteiger partial charge in [0, 0.05) is 19.5 Å². The standard InChI is InChI=1S/C21H30N2O4S/c1-5-26-17-6-8-18(9-7-17)28(24,25)20-21(23-12-10-16(4)11-13-23)27-19(22-20)14-15(2)3/h6-9,15-16H,5,10-14H2,1-4H3. The summed E-state index contributed by atoms with van der Waals surface area (Å²) in [7, 11) is -3.78. The summed E-state index contributed by atoms with van der Waals surface area (Å²) in [6, 6.07) is 6.49. The van der Waals surface area contributed by atoms with Crippen LogP contribution in [0.15, 0.2) is 38.6 Å². The highest BCUT2D eigenvalue weighted by atomic mass is 32.2. The van der Waals surface area contributed by atoms with Crippen molar-refractivity contribution in [1.82, 2.24) is 4.98 Å². The monoisotopic (exact) mass is 406 g/mol. The second-order valence-electron chi connectivity index (χ2n) is 7.89. The average molecular weight is 407 g/mol. The third kappa shape index (κ3) is 4.51. The summed E-state index contributed by atoms with van der Waals surface area (Å²) in [6.45, 7) is 10.3. The Bertz CT molecular complexity index is 880. The Morgan fingerprint density at radius 3 is 2.43 bits per heavy atom. The van der Waals surface area contributed by atoms with E-state index in [0.717, 1.165) is 25.9 Å². The lowest BCUT2D eigenvalue weighted by atomic mass is 9.99. The van der Waals surface area contributed by atoms with Gasteiger partial charge in [0.15, 0.2) is 5.89 Å². The van der Waals surface area contributed by atoms with Crippen molar-refractivity contribution >= 4 is 15.7 Å². The third-order valence-corrected chi connectivity index (χ3v) is 6.64. The molecule has 7 heteroatoms. The van der Waals surface area contributed by atoms with E-state index in [2.05, 4.69) is 25.8 Å². The van der Waals surface area contributed by atoms with Crippen LogP contribution < -0.4 is 9.64 Å². The van der Waals surface area contributed by atoms with Crippen molar-refractivity contribution < 1.29 is 17.6 Å². The molecule has 0 saturated carbocycles. The number of hydrogen-bond donors (Lipinski definition) is 0. The van der Waals surface area contributed by atoms with Crippen molar-refractivity contribution in [3.8, 4) is 5.75 Å². The molecule has 0 spiro atoms. The molecule has 0 aliphatic carbocycles. The summed E-state index contributed by atoms with van der Waals surface area (Å²) in [5.74, 6) is 2.48. The van der Waals surface area contributed by atoms with Crippen LogP contribution in [0.1, 0.15) is 46.4 Å². The lowest BCUT2D eigenvalue weighted by Gasteiger charge is -2.30. The van der Waals surface area contributed by atoms with Crippen LogP contribution in [-0.4, -0.2) is 33.1 Å². The smallest absolute Gasteiger partial charge is 0.236 e. The molecular formula is C21H30N2O4S. The van der Waals surface area contributed by atoms with Crippen LogP contribution in [0.2, 0.25) is 0 Å². The number of anilines is 1. The van der Waals surface area contributed by atoms with Gasteiger partial charge in [-0.05, 0) is 55.9 Å². The number of piperidine rings is 1. The number of sulfone groups is 1. The molecule has 0 unspecified atom stereocenters. The first-order valence-electron chi connectivity index (χ1n) is 10.0. The molecule has 6 nitrogen and oxygen atoms in total. The van der Waals surface area contributed by atoms with Gasteiger partial charge in [-0.3, -0.25) is 0 Å². The minimum Gasteiger partial charge on any atom is -0.494 e. The molecule has 2 aromatic rings. The average Bonchev–Trinajstić information content (AvgIpc) is 3.07. The minimum absolute atomic E-state index is 0.0295. The van der Waals surface area contributed by atoms with Crippen molar-refractivity contribution in [3.63, 3.8) is 0 Å². The van der Waals surface area contributed by atoms with Gasteiger partial charge >= 0.3 is 0 Å². The second kappa shape index (κ2) is 8.55. The number of nitrogens with zero attached hydrogens (tertiary/aromatic N) is 2. The summed E-state index contributed by atoms with van der Waals surface area (Å²) in [6.07, 6.45) is 2.64. The topological polar surface area (TPSA) is 72.6 Å². The van der Waals surface area contributed by atoms with Crippen molar-refractivity contribution in [1.29, 1.82) is 0 Å². The Balaban J connectivity index is 1.99. The second-order valence-corrected chi connectivity index (χ2v) is 9.76. The predicted octanol–water partition coefficient (Wildman–Crippen LogP) is 4.34. The van der Waals surface area contributed by atoms with Crippen LogP contribution in [-0.2, 0) is 16.3 Å². The van der Waals surface area contributed by atoms with E-state index >= 15 is 0 Å². The molecule has 1 saturated heterocycles. The van der Waals surface area contributed by atoms with Gasteiger partial charge in [-0.1, -0.05) is 20.8 Å². The first kappa shape index (κ1) is 20.7. The van der Waals surface area contributed by atoms with Gasteiger partial charge in [0.2, 0.25) is 20.7 Å². The minimum atomic E-state index is -3.78. The van der Waals surface area contributed by atoms with Crippen molar-refractivity contribution in [2.24, 2.45) is 11.8 Å². The van der Waals surface area contributed by atoms with Crippen LogP contribution in [0.4, 0.5) is 5.88 Å². The molecule has 1 aliphatic rings. The largest absolute Gasteiger partial charge is 0.494 e. The van der Waals surface area contributed by atoms with Gasteiger partial charge in [-0.15, -0.1) is 0 Å². The van der Waals surface area contributed by atoms with Crippen molar-refractivity contribution in [2.75, 3.05) is 24.6 Å². The number of aromatic nitrogens is 1. The fourth-order valence-electron chi connectivity index (χ4n) is 3.36. The van der Waals surface area contributed by atoms with Crippen LogP contribution in [0.3, 0.4) is 0 Å². The molecule has 154 valence electrons. The third-order valence-electron chi connectivity index (χ3n) is 4.98. The van der Waals surface area contributed by atoms with Gasteiger partial charge in [0.25, 0.3) is 0 Å². The molecule has 2 heterocycles. The number of rotatable bonds is 7. The Kier molecular flexibility index (Phi) is 6.33. The SMILES string of the molecule is CCOc1ccc(S(=O)(=O)c2nc(CC(C)C)oc2N2CCC(C)CC2)cc1. The maximum Gasteiger partial charge on any atom is 0.236 e. The Morgan fingerprint density at radius 1 is 1.21 bits per heavy atom. The molecule has 0 radical (unpaired) electrons. The van der Waals surface area contributed by atoms with Gasteiger partial charge in [0.1, 0.15) is 5.75 Å². The lowest BCUT2D eigenvalue weighted by molar-refractivity contribution is 0.340. The summed E-state index contributed by atoms with van der Waals surface area (Å²) in [5, 5.41) is 0.0295. The molecular weight excluding hydrogens is 376 g/mol. The fraction of sp³-hybridized carbons (Fsp3) is 0.571. The number of hydrogen-bond acceptors (Lipinski definition) is 6. The van der Waals surface area contributed by atoms with Crippen molar-refractivity contribution in [3.05, 3.63) is 30.2 Å². The van der Waals surface area contributed by atoms with Crippen LogP contribution in [0.5, 0.6) is 5.75 Å². The molecule has 3 rings (SSSR count). The molecule has 28 heavy (non-hydrogen) atoms. The lowest BCUT2D eigenvalue weighted by Crippen LogP contribution is -2.33. The number of oxazole rings is 1. The van der Waals surface area contributed by atoms with E-state index in [9.17, 15) is 8.42 Å². The van der Waals surface area contributed by atoms with Gasteiger partial charge in [-0.25, -0.2) is 8.42 Å². The highest BCUT2D eigenvalue weighted by Gasteiger charge is 2.32. The predicted molar refractivity (Wildman–Crippen MR) is 109 cm³/mol. The first-order chi connectivity index (χ1) is 13.3. The molecule has 0 atom stereocenters. The molecule has 1 aliphatic heterocycles. The van der Waals surface area contributed by atoms with Gasteiger partial charge in [0.05, 0.1) is 11.5 Å². The zero-order valence-electron chi connectivity index (χ0n) is 17.1. The first-order valence-corrected chi connectivity index (χ1v) is 11.5. The highest BCUT2D eigenvalue weighted by Crippen LogP contribution is 2.34. The van der Waals surface area contributed by atoms with Gasteiger partial charge in [-0.2, -0.15) is 4.98 Å². The van der Waals surface area contributed by atoms with Crippen LogP contribution >= 0.6 is 0 Å². The number of ether oxygens (including phenoxy) is 1. The zero-order chi connectivity index (χ0) is 20.3. The molecule has 1 aromatic heterocycles. The highest BCUT2D eigenvalue weighted by molar-refractivity contribution is 7.91. The van der Waals surface area contributed by atoms with E-state index in [1.807, 2.05) is 11.8 Å². The quantitative estimate of drug-likeness (QED) is 0.681. The summed E-state index contributed by atoms with van der Waals surface area (Å²) < 4.78 is 38.1. The molecule has 0 amide bonds. The normalized spacial score (nSPS) is 16.0. The molecule has 1 fully saturated rings. The Hall–Kier alpha value is -2.02.